The summed E-state index contributed by atoms with van der Waals surface area (Å²) >= 11 is 8.82. The lowest BCUT2D eigenvalue weighted by molar-refractivity contribution is -0.130. The molecule has 3 heterocycles. The third-order valence-corrected chi connectivity index (χ3v) is 6.76. The summed E-state index contributed by atoms with van der Waals surface area (Å²) in [6, 6.07) is 6.69. The van der Waals surface area contributed by atoms with Crippen LogP contribution in [0.15, 0.2) is 34.7 Å². The number of halogens is 1. The normalized spacial score (nSPS) is 23.9. The Balaban J connectivity index is 1.55. The summed E-state index contributed by atoms with van der Waals surface area (Å²) < 4.78 is 7.43. The van der Waals surface area contributed by atoms with Gasteiger partial charge in [0.2, 0.25) is 0 Å². The zero-order valence-corrected chi connectivity index (χ0v) is 17.8. The maximum Gasteiger partial charge on any atom is 0.180 e. The molecule has 4 rings (SSSR count). The fraction of sp³-hybridized carbons (Fsp3) is 0.333. The number of thiazole rings is 1. The van der Waals surface area contributed by atoms with Gasteiger partial charge in [-0.15, -0.1) is 16.4 Å². The van der Waals surface area contributed by atoms with Crippen LogP contribution in [0, 0.1) is 11.3 Å². The van der Waals surface area contributed by atoms with Gasteiger partial charge >= 0.3 is 0 Å². The van der Waals surface area contributed by atoms with Gasteiger partial charge in [-0.3, -0.25) is 0 Å². The summed E-state index contributed by atoms with van der Waals surface area (Å²) in [5.41, 5.74) is 6.86. The van der Waals surface area contributed by atoms with Crippen LogP contribution >= 0.6 is 34.7 Å². The molecule has 1 aromatic carbocycles. The topological polar surface area (TPSA) is 143 Å². The van der Waals surface area contributed by atoms with E-state index >= 15 is 0 Å². The summed E-state index contributed by atoms with van der Waals surface area (Å²) in [6.45, 7) is -0.340. The molecule has 0 radical (unpaired) electrons. The molecular formula is C18H17ClN6O3S2. The van der Waals surface area contributed by atoms with Gasteiger partial charge in [0, 0.05) is 16.7 Å². The fourth-order valence-corrected chi connectivity index (χ4v) is 5.15. The minimum atomic E-state index is -0.966. The first kappa shape index (κ1) is 21.0. The predicted molar refractivity (Wildman–Crippen MR) is 113 cm³/mol. The number of benzene rings is 1. The van der Waals surface area contributed by atoms with Gasteiger partial charge in [-0.1, -0.05) is 28.6 Å². The number of aliphatic hydroxyl groups is 2. The van der Waals surface area contributed by atoms with Crippen molar-refractivity contribution in [3.63, 3.8) is 0 Å². The molecule has 4 atom stereocenters. The summed E-state index contributed by atoms with van der Waals surface area (Å²) in [5.74, 6) is 0. The Labute approximate surface area is 185 Å². The number of hydrogen-bond donors (Lipinski definition) is 3. The van der Waals surface area contributed by atoms with Crippen LogP contribution in [0.5, 0.6) is 0 Å². The highest BCUT2D eigenvalue weighted by Crippen LogP contribution is 2.38. The van der Waals surface area contributed by atoms with Gasteiger partial charge in [0.15, 0.2) is 5.13 Å². The number of rotatable bonds is 5. The number of hydrogen-bond acceptors (Lipinski definition) is 10. The molecule has 0 saturated carbocycles. The predicted octanol–water partition coefficient (Wildman–Crippen LogP) is 2.31. The van der Waals surface area contributed by atoms with E-state index in [9.17, 15) is 10.2 Å². The van der Waals surface area contributed by atoms with E-state index in [1.54, 1.807) is 34.5 Å². The second kappa shape index (κ2) is 8.89. The van der Waals surface area contributed by atoms with Crippen molar-refractivity contribution in [2.75, 3.05) is 12.3 Å². The van der Waals surface area contributed by atoms with Crippen molar-refractivity contribution in [3.05, 3.63) is 40.4 Å². The molecular weight excluding hydrogens is 448 g/mol. The number of nitrogens with zero attached hydrogens (tertiary/aromatic N) is 5. The summed E-state index contributed by atoms with van der Waals surface area (Å²) in [7, 11) is 0. The SMILES string of the molecule is N#Cc1ccc(S[C@@H]2CC(n3cc(-c4csc(N)n4)nn3)[C@@H](O)C(CO)O2)cc1Cl. The molecule has 0 spiro atoms. The van der Waals surface area contributed by atoms with Gasteiger partial charge in [0.1, 0.15) is 35.1 Å². The molecule has 3 aromatic rings. The Kier molecular flexibility index (Phi) is 6.24. The van der Waals surface area contributed by atoms with Crippen molar-refractivity contribution >= 4 is 39.8 Å². The van der Waals surface area contributed by atoms with E-state index in [0.717, 1.165) is 4.90 Å². The van der Waals surface area contributed by atoms with E-state index in [0.29, 0.717) is 33.5 Å². The van der Waals surface area contributed by atoms with E-state index in [-0.39, 0.29) is 12.0 Å². The van der Waals surface area contributed by atoms with Gasteiger partial charge in [-0.2, -0.15) is 5.26 Å². The molecule has 9 nitrogen and oxygen atoms in total. The van der Waals surface area contributed by atoms with Gasteiger partial charge in [0.25, 0.3) is 0 Å². The van der Waals surface area contributed by atoms with Crippen LogP contribution in [-0.4, -0.2) is 54.4 Å². The van der Waals surface area contributed by atoms with Crippen LogP contribution in [0.4, 0.5) is 5.13 Å². The molecule has 2 aromatic heterocycles. The average molecular weight is 465 g/mol. The van der Waals surface area contributed by atoms with Crippen molar-refractivity contribution < 1.29 is 14.9 Å². The number of aromatic nitrogens is 4. The van der Waals surface area contributed by atoms with E-state index in [1.807, 2.05) is 6.07 Å². The molecule has 0 amide bonds. The molecule has 12 heteroatoms. The number of nitriles is 1. The lowest BCUT2D eigenvalue weighted by atomic mass is 10.00. The number of nitrogen functional groups attached to an aromatic ring is 1. The summed E-state index contributed by atoms with van der Waals surface area (Å²) in [5, 5.41) is 40.3. The zero-order valence-electron chi connectivity index (χ0n) is 15.4. The van der Waals surface area contributed by atoms with Gasteiger partial charge in [-0.05, 0) is 18.2 Å². The minimum absolute atomic E-state index is 0.340. The van der Waals surface area contributed by atoms with Gasteiger partial charge in [0.05, 0.1) is 29.4 Å². The smallest absolute Gasteiger partial charge is 0.180 e. The number of thioether (sulfide) groups is 1. The van der Waals surface area contributed by atoms with Gasteiger partial charge < -0.3 is 20.7 Å². The summed E-state index contributed by atoms with van der Waals surface area (Å²) in [4.78, 5) is 5.01. The Morgan fingerprint density at radius 1 is 1.43 bits per heavy atom. The van der Waals surface area contributed by atoms with Crippen LogP contribution in [-0.2, 0) is 4.74 Å². The van der Waals surface area contributed by atoms with E-state index in [2.05, 4.69) is 15.3 Å². The largest absolute Gasteiger partial charge is 0.394 e. The molecule has 30 heavy (non-hydrogen) atoms. The standard InChI is InChI=1S/C18H17ClN6O3S2/c19-11-3-10(2-1-9(11)5-20)30-16-4-14(17(27)15(7-26)28-16)25-6-12(23-24-25)13-8-29-18(21)22-13/h1-3,6,8,14-17,26-27H,4,7H2,(H2,21,22)/t14?,15?,16-,17-/m1/s1. The monoisotopic (exact) mass is 464 g/mol. The number of anilines is 1. The average Bonchev–Trinajstić information content (AvgIpc) is 3.38. The zero-order chi connectivity index (χ0) is 21.3. The lowest BCUT2D eigenvalue weighted by Crippen LogP contribution is -2.47. The van der Waals surface area contributed by atoms with E-state index < -0.39 is 18.2 Å². The van der Waals surface area contributed by atoms with Crippen LogP contribution in [0.2, 0.25) is 5.02 Å². The van der Waals surface area contributed by atoms with Crippen molar-refractivity contribution in [2.45, 2.75) is 35.0 Å². The third-order valence-electron chi connectivity index (χ3n) is 4.68. The van der Waals surface area contributed by atoms with Crippen molar-refractivity contribution in [2.24, 2.45) is 0 Å². The van der Waals surface area contributed by atoms with Crippen molar-refractivity contribution in [1.29, 1.82) is 5.26 Å². The minimum Gasteiger partial charge on any atom is -0.394 e. The Bertz CT molecular complexity index is 1080. The number of ether oxygens (including phenoxy) is 1. The second-order valence-electron chi connectivity index (χ2n) is 6.61. The van der Waals surface area contributed by atoms with E-state index in [4.69, 9.17) is 27.3 Å². The molecule has 1 saturated heterocycles. The Morgan fingerprint density at radius 2 is 2.27 bits per heavy atom. The molecule has 4 N–H and O–H groups in total. The van der Waals surface area contributed by atoms with Crippen LogP contribution in [0.3, 0.4) is 0 Å². The molecule has 1 fully saturated rings. The second-order valence-corrected chi connectivity index (χ2v) is 9.14. The highest BCUT2D eigenvalue weighted by Gasteiger charge is 2.39. The molecule has 1 aliphatic heterocycles. The van der Waals surface area contributed by atoms with E-state index in [1.165, 1.54) is 23.1 Å². The molecule has 1 aliphatic rings. The van der Waals surface area contributed by atoms with Crippen LogP contribution in [0.25, 0.3) is 11.4 Å². The highest BCUT2D eigenvalue weighted by molar-refractivity contribution is 7.99. The van der Waals surface area contributed by atoms with Crippen LogP contribution in [0.1, 0.15) is 18.0 Å². The number of aliphatic hydroxyl groups excluding tert-OH is 2. The van der Waals surface area contributed by atoms with Crippen LogP contribution < -0.4 is 5.73 Å². The molecule has 0 bridgehead atoms. The Hall–Kier alpha value is -2.20. The third kappa shape index (κ3) is 4.29. The Morgan fingerprint density at radius 3 is 2.93 bits per heavy atom. The molecule has 156 valence electrons. The maximum absolute atomic E-state index is 10.7. The first-order valence-electron chi connectivity index (χ1n) is 8.92. The van der Waals surface area contributed by atoms with Crippen molar-refractivity contribution in [1.82, 2.24) is 20.0 Å². The van der Waals surface area contributed by atoms with Gasteiger partial charge in [-0.25, -0.2) is 9.67 Å². The molecule has 0 aliphatic carbocycles. The first-order chi connectivity index (χ1) is 14.5. The van der Waals surface area contributed by atoms with Crippen molar-refractivity contribution in [3.8, 4) is 17.5 Å². The highest BCUT2D eigenvalue weighted by atomic mass is 35.5. The number of nitrogens with two attached hydrogens (primary N) is 1. The first-order valence-corrected chi connectivity index (χ1v) is 11.1. The maximum atomic E-state index is 10.7. The quantitative estimate of drug-likeness (QED) is 0.518. The fourth-order valence-electron chi connectivity index (χ4n) is 3.18. The lowest BCUT2D eigenvalue weighted by Gasteiger charge is -2.38. The summed E-state index contributed by atoms with van der Waals surface area (Å²) in [6.07, 6.45) is 0.369. The molecule has 2 unspecified atom stereocenters.